The van der Waals surface area contributed by atoms with Crippen molar-refractivity contribution in [2.75, 3.05) is 0 Å². The summed E-state index contributed by atoms with van der Waals surface area (Å²) < 4.78 is 2.00. The third-order valence-electron chi connectivity index (χ3n) is 3.98. The van der Waals surface area contributed by atoms with Crippen LogP contribution in [0, 0.1) is 0 Å². The van der Waals surface area contributed by atoms with Gasteiger partial charge in [-0.1, -0.05) is 74.3 Å². The molecule has 1 aliphatic rings. The summed E-state index contributed by atoms with van der Waals surface area (Å²) >= 11 is 6.84. The number of benzene rings is 2. The molecule has 0 aliphatic heterocycles. The molecule has 3 rings (SSSR count). The minimum atomic E-state index is -0.000460. The first-order chi connectivity index (χ1) is 12.9. The molecule has 0 heterocycles. The molecule has 0 spiro atoms. The van der Waals surface area contributed by atoms with Gasteiger partial charge in [-0.2, -0.15) is 0 Å². The van der Waals surface area contributed by atoms with Gasteiger partial charge in [0, 0.05) is 27.9 Å². The monoisotopic (exact) mass is 490 g/mol. The number of hydrogen-bond acceptors (Lipinski definition) is 3. The van der Waals surface area contributed by atoms with Gasteiger partial charge in [0.15, 0.2) is 11.6 Å². The SMILES string of the molecule is CC(=O)/C=C/c1ccccc1Br.O=C1C=C(O)CC(c2ccccc2Br)C1. The van der Waals surface area contributed by atoms with Crippen molar-refractivity contribution in [3.63, 3.8) is 0 Å². The van der Waals surface area contributed by atoms with Crippen molar-refractivity contribution in [2.24, 2.45) is 0 Å². The molecule has 0 bridgehead atoms. The topological polar surface area (TPSA) is 54.4 Å². The fraction of sp³-hybridized carbons (Fsp3) is 0.182. The van der Waals surface area contributed by atoms with E-state index >= 15 is 0 Å². The van der Waals surface area contributed by atoms with E-state index in [0.29, 0.717) is 12.8 Å². The standard InChI is InChI=1S/C12H11BrO2.C10H9BrO/c13-12-4-2-1-3-11(12)8-5-9(14)7-10(15)6-8;1-8(12)6-7-9-4-2-3-5-10(9)11/h1-4,7-8,14H,5-6H2;2-7H,1H3/b;7-6+. The van der Waals surface area contributed by atoms with Crippen molar-refractivity contribution in [2.45, 2.75) is 25.7 Å². The lowest BCUT2D eigenvalue weighted by Crippen LogP contribution is -2.12. The van der Waals surface area contributed by atoms with Gasteiger partial charge in [-0.05, 0) is 42.2 Å². The van der Waals surface area contributed by atoms with E-state index in [1.165, 1.54) is 13.0 Å². The lowest BCUT2D eigenvalue weighted by molar-refractivity contribution is -0.115. The zero-order valence-electron chi connectivity index (χ0n) is 14.9. The predicted octanol–water partition coefficient (Wildman–Crippen LogP) is 6.39. The van der Waals surface area contributed by atoms with Gasteiger partial charge in [-0.15, -0.1) is 0 Å². The molecule has 140 valence electrons. The molecular weight excluding hydrogens is 472 g/mol. The fourth-order valence-corrected chi connectivity index (χ4v) is 3.74. The molecule has 1 atom stereocenters. The Bertz CT molecular complexity index is 885. The average molecular weight is 492 g/mol. The van der Waals surface area contributed by atoms with Crippen molar-refractivity contribution in [1.29, 1.82) is 0 Å². The third kappa shape index (κ3) is 6.92. The first-order valence-corrected chi connectivity index (χ1v) is 10.1. The summed E-state index contributed by atoms with van der Waals surface area (Å²) in [6.07, 6.45) is 5.71. The van der Waals surface area contributed by atoms with Gasteiger partial charge < -0.3 is 5.11 Å². The van der Waals surface area contributed by atoms with E-state index < -0.39 is 0 Å². The largest absolute Gasteiger partial charge is 0.512 e. The van der Waals surface area contributed by atoms with Crippen LogP contribution in [0.3, 0.4) is 0 Å². The maximum absolute atomic E-state index is 11.3. The molecule has 27 heavy (non-hydrogen) atoms. The molecule has 1 aliphatic carbocycles. The Labute approximate surface area is 176 Å². The highest BCUT2D eigenvalue weighted by Gasteiger charge is 2.23. The van der Waals surface area contributed by atoms with E-state index in [1.54, 1.807) is 12.2 Å². The number of carbonyl (C=O) groups excluding carboxylic acids is 2. The Morgan fingerprint density at radius 1 is 1.04 bits per heavy atom. The van der Waals surface area contributed by atoms with Crippen LogP contribution in [0.2, 0.25) is 0 Å². The van der Waals surface area contributed by atoms with Crippen LogP contribution in [0.1, 0.15) is 36.8 Å². The minimum Gasteiger partial charge on any atom is -0.512 e. The number of carbonyl (C=O) groups is 2. The van der Waals surface area contributed by atoms with Crippen LogP contribution in [0.15, 0.2) is 75.4 Å². The molecule has 0 aromatic heterocycles. The molecule has 1 unspecified atom stereocenters. The maximum Gasteiger partial charge on any atom is 0.159 e. The number of hydrogen-bond donors (Lipinski definition) is 1. The van der Waals surface area contributed by atoms with Crippen LogP contribution in [-0.2, 0) is 9.59 Å². The second-order valence-corrected chi connectivity index (χ2v) is 7.90. The Morgan fingerprint density at radius 3 is 2.26 bits per heavy atom. The summed E-state index contributed by atoms with van der Waals surface area (Å²) in [6.45, 7) is 1.54. The van der Waals surface area contributed by atoms with Gasteiger partial charge in [0.1, 0.15) is 0 Å². The summed E-state index contributed by atoms with van der Waals surface area (Å²) in [7, 11) is 0. The van der Waals surface area contributed by atoms with Crippen LogP contribution in [0.25, 0.3) is 6.08 Å². The van der Waals surface area contributed by atoms with Crippen LogP contribution in [-0.4, -0.2) is 16.7 Å². The Kier molecular flexibility index (Phi) is 8.20. The van der Waals surface area contributed by atoms with E-state index in [1.807, 2.05) is 48.5 Å². The number of allylic oxidation sites excluding steroid dienone is 3. The summed E-state index contributed by atoms with van der Waals surface area (Å²) in [5.74, 6) is 0.343. The molecule has 2 aromatic carbocycles. The van der Waals surface area contributed by atoms with Crippen molar-refractivity contribution in [1.82, 2.24) is 0 Å². The van der Waals surface area contributed by atoms with Crippen LogP contribution >= 0.6 is 31.9 Å². The van der Waals surface area contributed by atoms with Gasteiger partial charge >= 0.3 is 0 Å². The molecule has 1 N–H and O–H groups in total. The number of aliphatic hydroxyl groups excluding tert-OH is 1. The zero-order chi connectivity index (χ0) is 19.8. The van der Waals surface area contributed by atoms with Crippen molar-refractivity contribution in [3.8, 4) is 0 Å². The molecule has 0 amide bonds. The first kappa shape index (κ1) is 21.3. The van der Waals surface area contributed by atoms with E-state index in [-0.39, 0.29) is 23.2 Å². The molecule has 0 saturated heterocycles. The highest BCUT2D eigenvalue weighted by molar-refractivity contribution is 9.10. The van der Waals surface area contributed by atoms with Gasteiger partial charge in [-0.3, -0.25) is 9.59 Å². The molecule has 0 fully saturated rings. The fourth-order valence-electron chi connectivity index (χ4n) is 2.71. The highest BCUT2D eigenvalue weighted by atomic mass is 79.9. The van der Waals surface area contributed by atoms with Crippen molar-refractivity contribution < 1.29 is 14.7 Å². The number of ketones is 2. The predicted molar refractivity (Wildman–Crippen MR) is 116 cm³/mol. The lowest BCUT2D eigenvalue weighted by atomic mass is 9.86. The molecule has 5 heteroatoms. The van der Waals surface area contributed by atoms with Gasteiger partial charge in [0.2, 0.25) is 0 Å². The normalized spacial score (nSPS) is 16.5. The Morgan fingerprint density at radius 2 is 1.67 bits per heavy atom. The van der Waals surface area contributed by atoms with Crippen molar-refractivity contribution >= 4 is 49.5 Å². The summed E-state index contributed by atoms with van der Waals surface area (Å²) in [6, 6.07) is 15.6. The zero-order valence-corrected chi connectivity index (χ0v) is 18.0. The van der Waals surface area contributed by atoms with E-state index in [9.17, 15) is 14.7 Å². The summed E-state index contributed by atoms with van der Waals surface area (Å²) in [4.78, 5) is 21.9. The second-order valence-electron chi connectivity index (χ2n) is 6.19. The maximum atomic E-state index is 11.3. The van der Waals surface area contributed by atoms with Gasteiger partial charge in [0.25, 0.3) is 0 Å². The molecule has 3 nitrogen and oxygen atoms in total. The lowest BCUT2D eigenvalue weighted by Gasteiger charge is -2.20. The van der Waals surface area contributed by atoms with Crippen LogP contribution in [0.4, 0.5) is 0 Å². The van der Waals surface area contributed by atoms with Crippen LogP contribution < -0.4 is 0 Å². The average Bonchev–Trinajstić information content (AvgIpc) is 2.61. The number of aliphatic hydroxyl groups is 1. The summed E-state index contributed by atoms with van der Waals surface area (Å²) in [5, 5.41) is 9.43. The van der Waals surface area contributed by atoms with Gasteiger partial charge in [-0.25, -0.2) is 0 Å². The number of halogens is 2. The smallest absolute Gasteiger partial charge is 0.159 e. The van der Waals surface area contributed by atoms with Gasteiger partial charge in [0.05, 0.1) is 5.76 Å². The third-order valence-corrected chi connectivity index (χ3v) is 5.42. The highest BCUT2D eigenvalue weighted by Crippen LogP contribution is 2.34. The Hall–Kier alpha value is -1.98. The van der Waals surface area contributed by atoms with Crippen LogP contribution in [0.5, 0.6) is 0 Å². The Balaban J connectivity index is 0.000000199. The van der Waals surface area contributed by atoms with E-state index in [0.717, 1.165) is 20.1 Å². The van der Waals surface area contributed by atoms with E-state index in [4.69, 9.17) is 0 Å². The number of rotatable bonds is 3. The minimum absolute atomic E-state index is 0.000460. The molecule has 0 radical (unpaired) electrons. The first-order valence-electron chi connectivity index (χ1n) is 8.46. The van der Waals surface area contributed by atoms with E-state index in [2.05, 4.69) is 31.9 Å². The second kappa shape index (κ2) is 10.4. The quantitative estimate of drug-likeness (QED) is 0.506. The molecule has 0 saturated carbocycles. The molecular formula is C22H20Br2O3. The molecule has 2 aromatic rings. The summed E-state index contributed by atoms with van der Waals surface area (Å²) in [5.41, 5.74) is 2.11. The van der Waals surface area contributed by atoms with Crippen molar-refractivity contribution in [3.05, 3.63) is 86.5 Å².